The summed E-state index contributed by atoms with van der Waals surface area (Å²) in [4.78, 5) is 9.10. The fraction of sp³-hybridized carbons (Fsp3) is 0.188. The average Bonchev–Trinajstić information content (AvgIpc) is 3.03. The number of aromatic nitrogens is 1. The lowest BCUT2D eigenvalue weighted by Crippen LogP contribution is -2.17. The van der Waals surface area contributed by atoms with Gasteiger partial charge in [0.25, 0.3) is 0 Å². The number of hydrogen-bond donors (Lipinski definition) is 0. The van der Waals surface area contributed by atoms with Gasteiger partial charge >= 0.3 is 6.36 Å². The fourth-order valence-corrected chi connectivity index (χ4v) is 2.12. The number of hydrogen-bond acceptors (Lipinski definition) is 6. The third kappa shape index (κ3) is 4.38. The minimum absolute atomic E-state index is 0.260. The molecule has 0 saturated heterocycles. The number of ether oxygens (including phenoxy) is 2. The molecule has 1 aliphatic heterocycles. The van der Waals surface area contributed by atoms with Crippen LogP contribution in [0.2, 0.25) is 0 Å². The van der Waals surface area contributed by atoms with Crippen molar-refractivity contribution in [3.8, 4) is 17.6 Å². The van der Waals surface area contributed by atoms with Crippen LogP contribution in [0.1, 0.15) is 23.8 Å². The second-order valence-corrected chi connectivity index (χ2v) is 4.99. The number of benzene rings is 1. The first-order chi connectivity index (χ1) is 11.9. The van der Waals surface area contributed by atoms with Gasteiger partial charge in [0.1, 0.15) is 23.3 Å². The fourth-order valence-electron chi connectivity index (χ4n) is 2.12. The van der Waals surface area contributed by atoms with Crippen LogP contribution >= 0.6 is 0 Å². The molecule has 2 aromatic rings. The lowest BCUT2D eigenvalue weighted by atomic mass is 10.1. The van der Waals surface area contributed by atoms with Crippen LogP contribution in [0.5, 0.6) is 11.5 Å². The second-order valence-electron chi connectivity index (χ2n) is 4.99. The van der Waals surface area contributed by atoms with Gasteiger partial charge in [-0.15, -0.1) is 13.2 Å². The Labute approximate surface area is 140 Å². The van der Waals surface area contributed by atoms with E-state index in [0.29, 0.717) is 23.6 Å². The topological polar surface area (TPSA) is 76.7 Å². The van der Waals surface area contributed by atoms with Crippen molar-refractivity contribution in [2.24, 2.45) is 5.16 Å². The third-order valence-electron chi connectivity index (χ3n) is 3.21. The zero-order valence-corrected chi connectivity index (χ0v) is 12.5. The molecular formula is C16H10F3N3O3. The van der Waals surface area contributed by atoms with Crippen molar-refractivity contribution in [3.63, 3.8) is 0 Å². The number of alkyl halides is 3. The predicted octanol–water partition coefficient (Wildman–Crippen LogP) is 3.71. The van der Waals surface area contributed by atoms with E-state index in [1.54, 1.807) is 6.07 Å². The molecule has 0 aliphatic carbocycles. The summed E-state index contributed by atoms with van der Waals surface area (Å²) in [6.45, 7) is 0. The summed E-state index contributed by atoms with van der Waals surface area (Å²) < 4.78 is 45.7. The molecule has 3 rings (SSSR count). The minimum Gasteiger partial charge on any atom is -0.438 e. The van der Waals surface area contributed by atoms with Crippen LogP contribution in [-0.2, 0) is 4.84 Å². The first-order valence-electron chi connectivity index (χ1n) is 7.05. The van der Waals surface area contributed by atoms with Crippen LogP contribution < -0.4 is 9.47 Å². The average molecular weight is 349 g/mol. The van der Waals surface area contributed by atoms with Gasteiger partial charge in [-0.2, -0.15) is 5.26 Å². The van der Waals surface area contributed by atoms with Gasteiger partial charge < -0.3 is 14.3 Å². The molecule has 0 bridgehead atoms. The molecule has 25 heavy (non-hydrogen) atoms. The molecule has 0 saturated carbocycles. The lowest BCUT2D eigenvalue weighted by Gasteiger charge is -2.11. The van der Waals surface area contributed by atoms with E-state index in [1.165, 1.54) is 36.5 Å². The Morgan fingerprint density at radius 1 is 1.12 bits per heavy atom. The zero-order valence-electron chi connectivity index (χ0n) is 12.5. The van der Waals surface area contributed by atoms with Crippen molar-refractivity contribution < 1.29 is 27.5 Å². The van der Waals surface area contributed by atoms with Gasteiger partial charge in [0.2, 0.25) is 5.90 Å². The number of oxime groups is 1. The van der Waals surface area contributed by atoms with Gasteiger partial charge in [0.15, 0.2) is 6.10 Å². The highest BCUT2D eigenvalue weighted by Crippen LogP contribution is 2.30. The SMILES string of the molecule is N#Cc1ccc(OC2=NO[C@@H](c3ccc(OC(F)(F)F)cc3)C2)cn1. The molecule has 0 spiro atoms. The van der Waals surface area contributed by atoms with E-state index >= 15 is 0 Å². The van der Waals surface area contributed by atoms with Gasteiger partial charge in [0, 0.05) is 0 Å². The second kappa shape index (κ2) is 6.68. The van der Waals surface area contributed by atoms with Gasteiger partial charge in [-0.1, -0.05) is 17.3 Å². The van der Waals surface area contributed by atoms with E-state index < -0.39 is 12.5 Å². The van der Waals surface area contributed by atoms with Crippen molar-refractivity contribution in [1.29, 1.82) is 5.26 Å². The summed E-state index contributed by atoms with van der Waals surface area (Å²) in [5.74, 6) is 0.387. The number of nitrogens with zero attached hydrogens (tertiary/aromatic N) is 3. The predicted molar refractivity (Wildman–Crippen MR) is 78.6 cm³/mol. The van der Waals surface area contributed by atoms with Crippen LogP contribution in [0.3, 0.4) is 0 Å². The van der Waals surface area contributed by atoms with Crippen molar-refractivity contribution in [2.45, 2.75) is 18.9 Å². The Balaban J connectivity index is 1.59. The van der Waals surface area contributed by atoms with Crippen LogP contribution in [0, 0.1) is 11.3 Å². The summed E-state index contributed by atoms with van der Waals surface area (Å²) in [6.07, 6.45) is -3.51. The Morgan fingerprint density at radius 3 is 2.44 bits per heavy atom. The Bertz CT molecular complexity index is 812. The number of rotatable bonds is 3. The molecule has 128 valence electrons. The van der Waals surface area contributed by atoms with Gasteiger partial charge in [-0.3, -0.25) is 0 Å². The molecule has 1 aliphatic rings. The molecule has 1 aromatic carbocycles. The maximum atomic E-state index is 12.1. The van der Waals surface area contributed by atoms with E-state index in [2.05, 4.69) is 14.9 Å². The number of halogens is 3. The molecule has 9 heteroatoms. The lowest BCUT2D eigenvalue weighted by molar-refractivity contribution is -0.274. The maximum Gasteiger partial charge on any atom is 0.573 e. The first kappa shape index (κ1) is 16.6. The third-order valence-corrected chi connectivity index (χ3v) is 3.21. The smallest absolute Gasteiger partial charge is 0.438 e. The largest absolute Gasteiger partial charge is 0.573 e. The molecule has 0 radical (unpaired) electrons. The van der Waals surface area contributed by atoms with Crippen molar-refractivity contribution in [1.82, 2.24) is 4.98 Å². The molecule has 6 nitrogen and oxygen atoms in total. The quantitative estimate of drug-likeness (QED) is 0.844. The molecule has 0 unspecified atom stereocenters. The van der Waals surface area contributed by atoms with Gasteiger partial charge in [-0.25, -0.2) is 4.98 Å². The minimum atomic E-state index is -4.73. The first-order valence-corrected chi connectivity index (χ1v) is 7.05. The van der Waals surface area contributed by atoms with Crippen molar-refractivity contribution in [2.75, 3.05) is 0 Å². The van der Waals surface area contributed by atoms with Crippen LogP contribution in [0.25, 0.3) is 0 Å². The normalized spacial score (nSPS) is 16.6. The zero-order chi connectivity index (χ0) is 17.9. The van der Waals surface area contributed by atoms with Crippen LogP contribution in [0.4, 0.5) is 13.2 Å². The summed E-state index contributed by atoms with van der Waals surface area (Å²) in [5, 5.41) is 12.5. The van der Waals surface area contributed by atoms with Crippen LogP contribution in [-0.4, -0.2) is 17.2 Å². The van der Waals surface area contributed by atoms with E-state index in [0.717, 1.165) is 0 Å². The number of nitriles is 1. The molecule has 0 amide bonds. The van der Waals surface area contributed by atoms with E-state index in [1.807, 2.05) is 6.07 Å². The summed E-state index contributed by atoms with van der Waals surface area (Å²) in [7, 11) is 0. The molecule has 2 heterocycles. The molecule has 0 fully saturated rings. The molecule has 1 aromatic heterocycles. The summed E-state index contributed by atoms with van der Waals surface area (Å²) in [5.41, 5.74) is 0.894. The Morgan fingerprint density at radius 2 is 1.84 bits per heavy atom. The summed E-state index contributed by atoms with van der Waals surface area (Å²) >= 11 is 0. The Hall–Kier alpha value is -3.28. The summed E-state index contributed by atoms with van der Waals surface area (Å²) in [6, 6.07) is 10.3. The van der Waals surface area contributed by atoms with E-state index in [-0.39, 0.29) is 11.4 Å². The van der Waals surface area contributed by atoms with E-state index in [4.69, 9.17) is 14.8 Å². The maximum absolute atomic E-state index is 12.1. The number of pyridine rings is 1. The standard InChI is InChI=1S/C16H10F3N3O3/c17-16(18,19)24-12-4-1-10(2-5-12)14-7-15(22-25-14)23-13-6-3-11(8-20)21-9-13/h1-6,9,14H,7H2/t14-/m1/s1. The van der Waals surface area contributed by atoms with E-state index in [9.17, 15) is 13.2 Å². The monoisotopic (exact) mass is 349 g/mol. The van der Waals surface area contributed by atoms with Crippen LogP contribution in [0.15, 0.2) is 47.8 Å². The molecule has 0 N–H and O–H groups in total. The molecule has 1 atom stereocenters. The van der Waals surface area contributed by atoms with Crippen molar-refractivity contribution in [3.05, 3.63) is 53.9 Å². The highest BCUT2D eigenvalue weighted by atomic mass is 19.4. The highest BCUT2D eigenvalue weighted by molar-refractivity contribution is 5.79. The molecular weight excluding hydrogens is 339 g/mol. The van der Waals surface area contributed by atoms with Gasteiger partial charge in [-0.05, 0) is 29.8 Å². The van der Waals surface area contributed by atoms with Crippen molar-refractivity contribution >= 4 is 5.90 Å². The highest BCUT2D eigenvalue weighted by Gasteiger charge is 2.31. The Kier molecular flexibility index (Phi) is 4.43. The van der Waals surface area contributed by atoms with Gasteiger partial charge in [0.05, 0.1) is 12.6 Å².